The van der Waals surface area contributed by atoms with E-state index in [4.69, 9.17) is 11.5 Å². The molecule has 6 N–H and O–H groups in total. The third-order valence-electron chi connectivity index (χ3n) is 2.52. The summed E-state index contributed by atoms with van der Waals surface area (Å²) in [5.74, 6) is -0.289. The minimum Gasteiger partial charge on any atom is -0.448 e. The first-order valence-electron chi connectivity index (χ1n) is 5.65. The number of aromatic nitrogens is 1. The lowest BCUT2D eigenvalue weighted by Gasteiger charge is -2.03. The molecule has 0 atom stereocenters. The fourth-order valence-corrected chi connectivity index (χ4v) is 1.68. The molecule has 1 aromatic carbocycles. The average Bonchev–Trinajstić information content (AvgIpc) is 2.77. The lowest BCUT2D eigenvalue weighted by molar-refractivity contribution is 0.0932. The van der Waals surface area contributed by atoms with Crippen molar-refractivity contribution in [3.63, 3.8) is 0 Å². The number of carbonyl (C=O) groups is 2. The molecule has 7 nitrogen and oxygen atoms in total. The second-order valence-electron chi connectivity index (χ2n) is 3.95. The lowest BCUT2D eigenvalue weighted by Crippen LogP contribution is -2.29. The number of ether oxygens (including phenoxy) is 1. The summed E-state index contributed by atoms with van der Waals surface area (Å²) < 4.78 is 4.50. The molecule has 0 saturated heterocycles. The zero-order chi connectivity index (χ0) is 13.8. The monoisotopic (exact) mass is 262 g/mol. The van der Waals surface area contributed by atoms with Gasteiger partial charge in [-0.25, -0.2) is 4.79 Å². The number of hydrogen-bond donors (Lipinski definition) is 4. The van der Waals surface area contributed by atoms with Crippen LogP contribution in [0.4, 0.5) is 10.5 Å². The highest BCUT2D eigenvalue weighted by Crippen LogP contribution is 2.18. The van der Waals surface area contributed by atoms with Gasteiger partial charge in [0.2, 0.25) is 0 Å². The maximum Gasteiger partial charge on any atom is 0.404 e. The van der Waals surface area contributed by atoms with E-state index in [0.29, 0.717) is 11.4 Å². The summed E-state index contributed by atoms with van der Waals surface area (Å²) in [6.07, 6.45) is -0.865. The minimum atomic E-state index is -0.865. The first-order valence-corrected chi connectivity index (χ1v) is 5.65. The van der Waals surface area contributed by atoms with E-state index < -0.39 is 6.09 Å². The zero-order valence-electron chi connectivity index (χ0n) is 10.1. The molecule has 0 aliphatic rings. The molecule has 0 aliphatic heterocycles. The maximum absolute atomic E-state index is 11.8. The Morgan fingerprint density at radius 2 is 2.11 bits per heavy atom. The summed E-state index contributed by atoms with van der Waals surface area (Å²) in [7, 11) is 0. The standard InChI is InChI=1S/C12H14N4O3/c13-8-1-2-9-7(5-8)6-10(16-9)11(17)15-3-4-19-12(14)18/h1-2,5-6,16H,3-4,13H2,(H2,14,18)(H,15,17). The third kappa shape index (κ3) is 3.15. The molecule has 0 unspecified atom stereocenters. The molecular weight excluding hydrogens is 248 g/mol. The van der Waals surface area contributed by atoms with Crippen molar-refractivity contribution in [3.8, 4) is 0 Å². The highest BCUT2D eigenvalue weighted by molar-refractivity contribution is 5.98. The van der Waals surface area contributed by atoms with Crippen LogP contribution in [0, 0.1) is 0 Å². The maximum atomic E-state index is 11.8. The Bertz CT molecular complexity index is 620. The van der Waals surface area contributed by atoms with Crippen LogP contribution in [0.25, 0.3) is 10.9 Å². The smallest absolute Gasteiger partial charge is 0.404 e. The normalized spacial score (nSPS) is 10.3. The van der Waals surface area contributed by atoms with Crippen LogP contribution in [0.15, 0.2) is 24.3 Å². The number of aromatic amines is 1. The molecule has 0 aliphatic carbocycles. The number of hydrogen-bond acceptors (Lipinski definition) is 4. The van der Waals surface area contributed by atoms with Crippen molar-refractivity contribution in [1.29, 1.82) is 0 Å². The van der Waals surface area contributed by atoms with Gasteiger partial charge < -0.3 is 26.5 Å². The number of fused-ring (bicyclic) bond motifs is 1. The molecule has 100 valence electrons. The summed E-state index contributed by atoms with van der Waals surface area (Å²) in [6.45, 7) is 0.230. The summed E-state index contributed by atoms with van der Waals surface area (Å²) >= 11 is 0. The van der Waals surface area contributed by atoms with E-state index in [0.717, 1.165) is 10.9 Å². The Kier molecular flexibility index (Phi) is 3.56. The fraction of sp³-hybridized carbons (Fsp3) is 0.167. The van der Waals surface area contributed by atoms with Crippen LogP contribution in [-0.2, 0) is 4.74 Å². The molecule has 19 heavy (non-hydrogen) atoms. The number of nitrogens with one attached hydrogen (secondary N) is 2. The van der Waals surface area contributed by atoms with Gasteiger partial charge in [0.25, 0.3) is 5.91 Å². The van der Waals surface area contributed by atoms with Crippen LogP contribution in [0.2, 0.25) is 0 Å². The molecule has 0 radical (unpaired) electrons. The number of benzene rings is 1. The van der Waals surface area contributed by atoms with Gasteiger partial charge in [0.15, 0.2) is 0 Å². The van der Waals surface area contributed by atoms with E-state index >= 15 is 0 Å². The number of rotatable bonds is 4. The average molecular weight is 262 g/mol. The van der Waals surface area contributed by atoms with E-state index in [2.05, 4.69) is 15.0 Å². The minimum absolute atomic E-state index is 0.0360. The molecule has 0 fully saturated rings. The predicted molar refractivity (Wildman–Crippen MR) is 70.6 cm³/mol. The summed E-state index contributed by atoms with van der Waals surface area (Å²) in [5.41, 5.74) is 12.3. The molecular formula is C12H14N4O3. The van der Waals surface area contributed by atoms with Crippen molar-refractivity contribution >= 4 is 28.6 Å². The second-order valence-corrected chi connectivity index (χ2v) is 3.95. The van der Waals surface area contributed by atoms with Crippen LogP contribution >= 0.6 is 0 Å². The Morgan fingerprint density at radius 1 is 1.32 bits per heavy atom. The van der Waals surface area contributed by atoms with Gasteiger partial charge in [0.1, 0.15) is 12.3 Å². The van der Waals surface area contributed by atoms with Gasteiger partial charge >= 0.3 is 6.09 Å². The van der Waals surface area contributed by atoms with Gasteiger partial charge in [-0.1, -0.05) is 0 Å². The molecule has 1 heterocycles. The number of nitrogens with two attached hydrogens (primary N) is 2. The number of anilines is 1. The van der Waals surface area contributed by atoms with Gasteiger partial charge in [0.05, 0.1) is 6.54 Å². The van der Waals surface area contributed by atoms with Gasteiger partial charge in [-0.3, -0.25) is 4.79 Å². The number of nitrogen functional groups attached to an aromatic ring is 1. The third-order valence-corrected chi connectivity index (χ3v) is 2.52. The van der Waals surface area contributed by atoms with Gasteiger partial charge in [-0.2, -0.15) is 0 Å². The number of H-pyrrole nitrogens is 1. The first kappa shape index (κ1) is 12.7. The van der Waals surface area contributed by atoms with Crippen molar-refractivity contribution in [2.45, 2.75) is 0 Å². The Hall–Kier alpha value is -2.70. The molecule has 7 heteroatoms. The first-order chi connectivity index (χ1) is 9.06. The van der Waals surface area contributed by atoms with Crippen molar-refractivity contribution in [1.82, 2.24) is 10.3 Å². The van der Waals surface area contributed by atoms with Crippen LogP contribution in [-0.4, -0.2) is 30.1 Å². The topological polar surface area (TPSA) is 123 Å². The van der Waals surface area contributed by atoms with E-state index in [1.807, 2.05) is 0 Å². The molecule has 0 saturated carbocycles. The second kappa shape index (κ2) is 5.30. The van der Waals surface area contributed by atoms with E-state index in [1.165, 1.54) is 0 Å². The SMILES string of the molecule is NC(=O)OCCNC(=O)c1cc2cc(N)ccc2[nH]1. The Morgan fingerprint density at radius 3 is 2.84 bits per heavy atom. The molecule has 0 bridgehead atoms. The predicted octanol–water partition coefficient (Wildman–Crippen LogP) is 0.575. The van der Waals surface area contributed by atoms with Crippen LogP contribution in [0.1, 0.15) is 10.5 Å². The van der Waals surface area contributed by atoms with Crippen LogP contribution in [0.3, 0.4) is 0 Å². The summed E-state index contributed by atoms with van der Waals surface area (Å²) in [6, 6.07) is 7.04. The van der Waals surface area contributed by atoms with Gasteiger partial charge in [0, 0.05) is 16.6 Å². The van der Waals surface area contributed by atoms with Crippen molar-refractivity contribution in [3.05, 3.63) is 30.0 Å². The summed E-state index contributed by atoms with van der Waals surface area (Å²) in [5, 5.41) is 3.46. The molecule has 0 spiro atoms. The quantitative estimate of drug-likeness (QED) is 0.475. The molecule has 1 aromatic heterocycles. The highest BCUT2D eigenvalue weighted by atomic mass is 16.5. The van der Waals surface area contributed by atoms with Crippen molar-refractivity contribution < 1.29 is 14.3 Å². The van der Waals surface area contributed by atoms with Crippen LogP contribution < -0.4 is 16.8 Å². The van der Waals surface area contributed by atoms with E-state index in [1.54, 1.807) is 24.3 Å². The fourth-order valence-electron chi connectivity index (χ4n) is 1.68. The van der Waals surface area contributed by atoms with Gasteiger partial charge in [-0.05, 0) is 24.3 Å². The number of primary amides is 1. The van der Waals surface area contributed by atoms with Crippen molar-refractivity contribution in [2.24, 2.45) is 5.73 Å². The van der Waals surface area contributed by atoms with Crippen LogP contribution in [0.5, 0.6) is 0 Å². The number of amides is 2. The molecule has 2 amide bonds. The molecule has 2 rings (SSSR count). The Balaban J connectivity index is 1.99. The zero-order valence-corrected chi connectivity index (χ0v) is 10.1. The Labute approximate surface area is 108 Å². The summed E-state index contributed by atoms with van der Waals surface area (Å²) in [4.78, 5) is 25.1. The number of carbonyl (C=O) groups excluding carboxylic acids is 2. The van der Waals surface area contributed by atoms with Gasteiger partial charge in [-0.15, -0.1) is 0 Å². The van der Waals surface area contributed by atoms with E-state index in [-0.39, 0.29) is 19.1 Å². The largest absolute Gasteiger partial charge is 0.448 e. The molecule has 2 aromatic rings. The van der Waals surface area contributed by atoms with Crippen molar-refractivity contribution in [2.75, 3.05) is 18.9 Å². The lowest BCUT2D eigenvalue weighted by atomic mass is 10.2. The highest BCUT2D eigenvalue weighted by Gasteiger charge is 2.09. The van der Waals surface area contributed by atoms with E-state index in [9.17, 15) is 9.59 Å².